The number of allylic oxidation sites excluding steroid dienone is 2. The Bertz CT molecular complexity index is 324. The number of halogens is 3. The number of rotatable bonds is 2. The smallest absolute Gasteiger partial charge is 0.412 e. The predicted molar refractivity (Wildman–Crippen MR) is 57.3 cm³/mol. The molecule has 0 fully saturated rings. The van der Waals surface area contributed by atoms with Crippen molar-refractivity contribution >= 4 is 5.97 Å². The average molecular weight is 250 g/mol. The van der Waals surface area contributed by atoms with Crippen molar-refractivity contribution in [1.29, 1.82) is 0 Å². The Labute approximate surface area is 98.8 Å². The lowest BCUT2D eigenvalue weighted by molar-refractivity contribution is -0.156. The normalized spacial score (nSPS) is 21.3. The topological polar surface area (TPSA) is 26.3 Å². The molecule has 0 saturated carbocycles. The molecule has 0 radical (unpaired) electrons. The first-order chi connectivity index (χ1) is 7.59. The van der Waals surface area contributed by atoms with Crippen LogP contribution in [-0.4, -0.2) is 17.7 Å². The Morgan fingerprint density at radius 1 is 1.41 bits per heavy atom. The molecule has 1 aliphatic carbocycles. The second-order valence-electron chi connectivity index (χ2n) is 5.22. The van der Waals surface area contributed by atoms with Gasteiger partial charge in [-0.15, -0.1) is 0 Å². The van der Waals surface area contributed by atoms with Crippen molar-refractivity contribution in [2.24, 2.45) is 5.92 Å². The minimum atomic E-state index is -4.33. The first-order valence-electron chi connectivity index (χ1n) is 5.58. The molecule has 0 saturated heterocycles. The van der Waals surface area contributed by atoms with Gasteiger partial charge in [0.2, 0.25) is 0 Å². The monoisotopic (exact) mass is 250 g/mol. The molecular formula is C12H17F3O2. The van der Waals surface area contributed by atoms with Gasteiger partial charge in [0, 0.05) is 5.57 Å². The molecule has 0 heterocycles. The SMILES string of the molecule is CC(C)(C)OC(=O)CC1CCC=C1C(F)(F)F. The molecule has 17 heavy (non-hydrogen) atoms. The van der Waals surface area contributed by atoms with Crippen molar-refractivity contribution in [2.45, 2.75) is 51.8 Å². The quantitative estimate of drug-likeness (QED) is 0.552. The van der Waals surface area contributed by atoms with Crippen LogP contribution in [0.3, 0.4) is 0 Å². The Morgan fingerprint density at radius 3 is 2.47 bits per heavy atom. The van der Waals surface area contributed by atoms with Gasteiger partial charge in [0.1, 0.15) is 5.60 Å². The van der Waals surface area contributed by atoms with E-state index in [4.69, 9.17) is 4.74 Å². The van der Waals surface area contributed by atoms with Gasteiger partial charge in [-0.25, -0.2) is 0 Å². The minimum Gasteiger partial charge on any atom is -0.460 e. The maximum absolute atomic E-state index is 12.6. The van der Waals surface area contributed by atoms with Gasteiger partial charge in [-0.1, -0.05) is 6.08 Å². The Hall–Kier alpha value is -1.00. The van der Waals surface area contributed by atoms with E-state index in [9.17, 15) is 18.0 Å². The summed E-state index contributed by atoms with van der Waals surface area (Å²) in [5.74, 6) is -1.32. The molecular weight excluding hydrogens is 233 g/mol. The molecule has 0 aliphatic heterocycles. The molecule has 0 aromatic heterocycles. The summed E-state index contributed by atoms with van der Waals surface area (Å²) < 4.78 is 42.8. The van der Waals surface area contributed by atoms with E-state index in [2.05, 4.69) is 0 Å². The lowest BCUT2D eigenvalue weighted by Gasteiger charge is -2.22. The molecule has 0 aromatic carbocycles. The van der Waals surface area contributed by atoms with Crippen LogP contribution in [0.5, 0.6) is 0 Å². The van der Waals surface area contributed by atoms with Crippen LogP contribution in [0.15, 0.2) is 11.6 Å². The average Bonchev–Trinajstić information content (AvgIpc) is 2.46. The van der Waals surface area contributed by atoms with Gasteiger partial charge in [-0.05, 0) is 39.5 Å². The molecule has 5 heteroatoms. The van der Waals surface area contributed by atoms with Crippen LogP contribution in [-0.2, 0) is 9.53 Å². The van der Waals surface area contributed by atoms with Crippen molar-refractivity contribution in [3.05, 3.63) is 11.6 Å². The summed E-state index contributed by atoms with van der Waals surface area (Å²) in [6, 6.07) is 0. The third kappa shape index (κ3) is 4.40. The van der Waals surface area contributed by atoms with Crippen molar-refractivity contribution < 1.29 is 22.7 Å². The number of alkyl halides is 3. The molecule has 1 rings (SSSR count). The lowest BCUT2D eigenvalue weighted by Crippen LogP contribution is -2.26. The molecule has 2 nitrogen and oxygen atoms in total. The first kappa shape index (κ1) is 14.1. The number of esters is 1. The number of carbonyl (C=O) groups excluding carboxylic acids is 1. The highest BCUT2D eigenvalue weighted by atomic mass is 19.4. The molecule has 0 N–H and O–H groups in total. The summed E-state index contributed by atoms with van der Waals surface area (Å²) >= 11 is 0. The summed E-state index contributed by atoms with van der Waals surface area (Å²) in [4.78, 5) is 11.5. The highest BCUT2D eigenvalue weighted by molar-refractivity contribution is 5.70. The van der Waals surface area contributed by atoms with Crippen LogP contribution in [0.25, 0.3) is 0 Å². The van der Waals surface area contributed by atoms with Crippen LogP contribution in [0.4, 0.5) is 13.2 Å². The summed E-state index contributed by atoms with van der Waals surface area (Å²) in [7, 11) is 0. The zero-order valence-electron chi connectivity index (χ0n) is 10.2. The fraction of sp³-hybridized carbons (Fsp3) is 0.750. The van der Waals surface area contributed by atoms with Crippen LogP contribution in [0.2, 0.25) is 0 Å². The van der Waals surface area contributed by atoms with E-state index in [1.165, 1.54) is 6.08 Å². The fourth-order valence-corrected chi connectivity index (χ4v) is 1.91. The third-order valence-electron chi connectivity index (χ3n) is 2.48. The summed E-state index contributed by atoms with van der Waals surface area (Å²) in [6.07, 6.45) is -2.60. The van der Waals surface area contributed by atoms with Gasteiger partial charge in [-0.2, -0.15) is 13.2 Å². The van der Waals surface area contributed by atoms with Crippen LogP contribution >= 0.6 is 0 Å². The predicted octanol–water partition coefficient (Wildman–Crippen LogP) is 3.62. The van der Waals surface area contributed by atoms with Gasteiger partial charge in [0.25, 0.3) is 0 Å². The zero-order valence-corrected chi connectivity index (χ0v) is 10.2. The van der Waals surface area contributed by atoms with E-state index >= 15 is 0 Å². The lowest BCUT2D eigenvalue weighted by atomic mass is 9.97. The number of carbonyl (C=O) groups is 1. The highest BCUT2D eigenvalue weighted by Crippen LogP contribution is 2.40. The van der Waals surface area contributed by atoms with Crippen molar-refractivity contribution in [1.82, 2.24) is 0 Å². The molecule has 1 unspecified atom stereocenters. The fourth-order valence-electron chi connectivity index (χ4n) is 1.91. The number of ether oxygens (including phenoxy) is 1. The van der Waals surface area contributed by atoms with Gasteiger partial charge < -0.3 is 4.74 Å². The van der Waals surface area contributed by atoms with Crippen LogP contribution < -0.4 is 0 Å². The Balaban J connectivity index is 2.59. The van der Waals surface area contributed by atoms with Gasteiger partial charge in [0.05, 0.1) is 6.42 Å². The molecule has 1 atom stereocenters. The molecule has 0 amide bonds. The van der Waals surface area contributed by atoms with Crippen molar-refractivity contribution in [2.75, 3.05) is 0 Å². The van der Waals surface area contributed by atoms with E-state index < -0.39 is 29.2 Å². The first-order valence-corrected chi connectivity index (χ1v) is 5.58. The molecule has 0 spiro atoms. The summed E-state index contributed by atoms with van der Waals surface area (Å²) in [5, 5.41) is 0. The molecule has 98 valence electrons. The van der Waals surface area contributed by atoms with Gasteiger partial charge in [-0.3, -0.25) is 4.79 Å². The number of hydrogen-bond acceptors (Lipinski definition) is 2. The van der Waals surface area contributed by atoms with Gasteiger partial charge in [0.15, 0.2) is 0 Å². The highest BCUT2D eigenvalue weighted by Gasteiger charge is 2.41. The van der Waals surface area contributed by atoms with E-state index in [1.807, 2.05) is 0 Å². The van der Waals surface area contributed by atoms with Crippen molar-refractivity contribution in [3.63, 3.8) is 0 Å². The summed E-state index contributed by atoms with van der Waals surface area (Å²) in [6.45, 7) is 5.08. The zero-order chi connectivity index (χ0) is 13.3. The van der Waals surface area contributed by atoms with Crippen LogP contribution in [0.1, 0.15) is 40.0 Å². The third-order valence-corrected chi connectivity index (χ3v) is 2.48. The van der Waals surface area contributed by atoms with E-state index in [0.717, 1.165) is 0 Å². The second-order valence-corrected chi connectivity index (χ2v) is 5.22. The molecule has 1 aliphatic rings. The maximum atomic E-state index is 12.6. The van der Waals surface area contributed by atoms with E-state index in [1.54, 1.807) is 20.8 Å². The van der Waals surface area contributed by atoms with Gasteiger partial charge >= 0.3 is 12.1 Å². The minimum absolute atomic E-state index is 0.192. The maximum Gasteiger partial charge on any atom is 0.412 e. The molecule has 0 bridgehead atoms. The van der Waals surface area contributed by atoms with E-state index in [-0.39, 0.29) is 6.42 Å². The standard InChI is InChI=1S/C12H17F3O2/c1-11(2,3)17-10(16)7-8-5-4-6-9(8)12(13,14)15/h6,8H,4-5,7H2,1-3H3. The Kier molecular flexibility index (Phi) is 3.89. The van der Waals surface area contributed by atoms with Crippen LogP contribution in [0, 0.1) is 5.92 Å². The van der Waals surface area contributed by atoms with Crippen molar-refractivity contribution in [3.8, 4) is 0 Å². The summed E-state index contributed by atoms with van der Waals surface area (Å²) in [5.41, 5.74) is -1.24. The largest absolute Gasteiger partial charge is 0.460 e. The number of hydrogen-bond donors (Lipinski definition) is 0. The van der Waals surface area contributed by atoms with E-state index in [0.29, 0.717) is 12.8 Å². The molecule has 0 aromatic rings. The second kappa shape index (κ2) is 4.70. The Morgan fingerprint density at radius 2 is 2.00 bits per heavy atom.